The molecule has 0 aromatic heterocycles. The van der Waals surface area contributed by atoms with Gasteiger partial charge in [0.15, 0.2) is 0 Å². The number of aliphatic hydroxyl groups is 1. The third kappa shape index (κ3) is 2.79. The van der Waals surface area contributed by atoms with E-state index in [1.165, 1.54) is 12.1 Å². The topological polar surface area (TPSA) is 29.5 Å². The molecule has 0 spiro atoms. The van der Waals surface area contributed by atoms with Gasteiger partial charge in [0, 0.05) is 12.5 Å². The highest BCUT2D eigenvalue weighted by Crippen LogP contribution is 2.32. The minimum atomic E-state index is -4.33. The van der Waals surface area contributed by atoms with Crippen molar-refractivity contribution in [3.8, 4) is 0 Å². The van der Waals surface area contributed by atoms with Gasteiger partial charge in [-0.25, -0.2) is 0 Å². The van der Waals surface area contributed by atoms with E-state index in [2.05, 4.69) is 0 Å². The van der Waals surface area contributed by atoms with Crippen molar-refractivity contribution in [1.82, 2.24) is 0 Å². The zero-order chi connectivity index (χ0) is 12.5. The lowest BCUT2D eigenvalue weighted by atomic mass is 9.94. The summed E-state index contributed by atoms with van der Waals surface area (Å²) in [6.07, 6.45) is -4.35. The first-order valence-corrected chi connectivity index (χ1v) is 5.41. The molecule has 2 unspecified atom stereocenters. The second-order valence-electron chi connectivity index (χ2n) is 4.19. The summed E-state index contributed by atoms with van der Waals surface area (Å²) in [7, 11) is 0. The van der Waals surface area contributed by atoms with E-state index in [0.717, 1.165) is 18.6 Å². The van der Waals surface area contributed by atoms with E-state index in [1.54, 1.807) is 0 Å². The van der Waals surface area contributed by atoms with Crippen LogP contribution in [0.25, 0.3) is 0 Å². The summed E-state index contributed by atoms with van der Waals surface area (Å²) in [4.78, 5) is 0. The van der Waals surface area contributed by atoms with Gasteiger partial charge in [-0.15, -0.1) is 0 Å². The monoisotopic (exact) mass is 246 g/mol. The van der Waals surface area contributed by atoms with E-state index in [1.807, 2.05) is 0 Å². The minimum Gasteiger partial charge on any atom is -0.388 e. The Balaban J connectivity index is 2.12. The molecule has 5 heteroatoms. The van der Waals surface area contributed by atoms with Gasteiger partial charge in [-0.05, 0) is 24.1 Å². The van der Waals surface area contributed by atoms with Gasteiger partial charge in [0.2, 0.25) is 0 Å². The number of aliphatic hydroxyl groups excluding tert-OH is 1. The molecule has 17 heavy (non-hydrogen) atoms. The minimum absolute atomic E-state index is 0.0215. The van der Waals surface area contributed by atoms with Gasteiger partial charge in [0.1, 0.15) is 0 Å². The Morgan fingerprint density at radius 2 is 1.88 bits per heavy atom. The maximum atomic E-state index is 12.3. The number of hydrogen-bond donors (Lipinski definition) is 1. The Morgan fingerprint density at radius 3 is 2.35 bits per heavy atom. The van der Waals surface area contributed by atoms with Crippen LogP contribution in [0.1, 0.15) is 23.7 Å². The van der Waals surface area contributed by atoms with Gasteiger partial charge in [-0.1, -0.05) is 12.1 Å². The van der Waals surface area contributed by atoms with Crippen molar-refractivity contribution >= 4 is 0 Å². The van der Waals surface area contributed by atoms with Gasteiger partial charge < -0.3 is 9.84 Å². The van der Waals surface area contributed by atoms with Gasteiger partial charge in [0.25, 0.3) is 0 Å². The number of benzene rings is 1. The molecule has 0 saturated carbocycles. The Morgan fingerprint density at radius 1 is 1.24 bits per heavy atom. The van der Waals surface area contributed by atoms with E-state index < -0.39 is 17.8 Å². The lowest BCUT2D eigenvalue weighted by Gasteiger charge is -2.17. The first-order chi connectivity index (χ1) is 7.98. The largest absolute Gasteiger partial charge is 0.416 e. The van der Waals surface area contributed by atoms with Crippen LogP contribution in [0.3, 0.4) is 0 Å². The van der Waals surface area contributed by atoms with Crippen molar-refractivity contribution in [3.63, 3.8) is 0 Å². The number of alkyl halides is 3. The fourth-order valence-corrected chi connectivity index (χ4v) is 1.94. The quantitative estimate of drug-likeness (QED) is 0.869. The molecule has 1 heterocycles. The lowest BCUT2D eigenvalue weighted by molar-refractivity contribution is -0.137. The Hall–Kier alpha value is -1.07. The maximum absolute atomic E-state index is 12.3. The molecule has 2 rings (SSSR count). The molecule has 0 radical (unpaired) electrons. The number of ether oxygens (including phenoxy) is 1. The zero-order valence-corrected chi connectivity index (χ0v) is 9.07. The zero-order valence-electron chi connectivity index (χ0n) is 9.07. The highest BCUT2D eigenvalue weighted by atomic mass is 19.4. The van der Waals surface area contributed by atoms with Crippen LogP contribution in [0.5, 0.6) is 0 Å². The predicted molar refractivity (Wildman–Crippen MR) is 55.3 cm³/mol. The van der Waals surface area contributed by atoms with E-state index in [0.29, 0.717) is 18.8 Å². The first kappa shape index (κ1) is 12.4. The van der Waals surface area contributed by atoms with Crippen LogP contribution in [0.2, 0.25) is 0 Å². The summed E-state index contributed by atoms with van der Waals surface area (Å²) in [5.41, 5.74) is -0.190. The molecule has 1 aromatic rings. The van der Waals surface area contributed by atoms with Gasteiger partial charge >= 0.3 is 6.18 Å². The van der Waals surface area contributed by atoms with Gasteiger partial charge in [-0.3, -0.25) is 0 Å². The van der Waals surface area contributed by atoms with E-state index in [4.69, 9.17) is 4.74 Å². The summed E-state index contributed by atoms with van der Waals surface area (Å²) < 4.78 is 42.2. The summed E-state index contributed by atoms with van der Waals surface area (Å²) in [6, 6.07) is 4.64. The average Bonchev–Trinajstić information content (AvgIpc) is 2.80. The molecule has 0 aliphatic carbocycles. The van der Waals surface area contributed by atoms with E-state index in [9.17, 15) is 18.3 Å². The number of rotatable bonds is 2. The van der Waals surface area contributed by atoms with E-state index in [-0.39, 0.29) is 5.92 Å². The molecule has 1 aromatic carbocycles. The average molecular weight is 246 g/mol. The third-order valence-electron chi connectivity index (χ3n) is 2.99. The summed E-state index contributed by atoms with van der Waals surface area (Å²) in [5.74, 6) is -0.0215. The molecule has 2 nitrogen and oxygen atoms in total. The van der Waals surface area contributed by atoms with Gasteiger partial charge in [-0.2, -0.15) is 13.2 Å². The van der Waals surface area contributed by atoms with Crippen LogP contribution < -0.4 is 0 Å². The van der Waals surface area contributed by atoms with Crippen LogP contribution in [-0.2, 0) is 10.9 Å². The van der Waals surface area contributed by atoms with Crippen molar-refractivity contribution in [1.29, 1.82) is 0 Å². The van der Waals surface area contributed by atoms with E-state index >= 15 is 0 Å². The summed E-state index contributed by atoms with van der Waals surface area (Å²) in [5, 5.41) is 9.95. The third-order valence-corrected chi connectivity index (χ3v) is 2.99. The Kier molecular flexibility index (Phi) is 3.40. The second kappa shape index (κ2) is 4.66. The van der Waals surface area contributed by atoms with Crippen molar-refractivity contribution < 1.29 is 23.0 Å². The van der Waals surface area contributed by atoms with Gasteiger partial charge in [0.05, 0.1) is 18.3 Å². The lowest BCUT2D eigenvalue weighted by Crippen LogP contribution is -2.13. The molecule has 1 N–H and O–H groups in total. The predicted octanol–water partition coefficient (Wildman–Crippen LogP) is 2.78. The number of hydrogen-bond acceptors (Lipinski definition) is 2. The first-order valence-electron chi connectivity index (χ1n) is 5.41. The summed E-state index contributed by atoms with van der Waals surface area (Å²) in [6.45, 7) is 1.06. The fourth-order valence-electron chi connectivity index (χ4n) is 1.94. The smallest absolute Gasteiger partial charge is 0.388 e. The highest BCUT2D eigenvalue weighted by molar-refractivity contribution is 5.26. The standard InChI is InChI=1S/C12H13F3O2/c13-12(14,15)10-3-1-8(2-4-10)11(16)9-5-6-17-7-9/h1-4,9,11,16H,5-7H2. The molecule has 1 fully saturated rings. The molecule has 1 aliphatic heterocycles. The van der Waals surface area contributed by atoms with Crippen LogP contribution in [0.15, 0.2) is 24.3 Å². The second-order valence-corrected chi connectivity index (χ2v) is 4.19. The van der Waals surface area contributed by atoms with Crippen LogP contribution >= 0.6 is 0 Å². The normalized spacial score (nSPS) is 22.7. The van der Waals surface area contributed by atoms with Crippen molar-refractivity contribution in [3.05, 3.63) is 35.4 Å². The summed E-state index contributed by atoms with van der Waals surface area (Å²) >= 11 is 0. The number of halogens is 3. The van der Waals surface area contributed by atoms with Crippen molar-refractivity contribution in [2.24, 2.45) is 5.92 Å². The van der Waals surface area contributed by atoms with Crippen LogP contribution in [0.4, 0.5) is 13.2 Å². The molecular formula is C12H13F3O2. The Labute approximate surface area is 97.0 Å². The van der Waals surface area contributed by atoms with Crippen LogP contribution in [0, 0.1) is 5.92 Å². The Bertz CT molecular complexity index is 366. The van der Waals surface area contributed by atoms with Crippen LogP contribution in [-0.4, -0.2) is 18.3 Å². The molecular weight excluding hydrogens is 233 g/mol. The molecule has 0 amide bonds. The molecule has 1 saturated heterocycles. The van der Waals surface area contributed by atoms with Crippen molar-refractivity contribution in [2.75, 3.05) is 13.2 Å². The highest BCUT2D eigenvalue weighted by Gasteiger charge is 2.31. The van der Waals surface area contributed by atoms with Crippen molar-refractivity contribution in [2.45, 2.75) is 18.7 Å². The SMILES string of the molecule is OC(c1ccc(C(F)(F)F)cc1)C1CCOC1. The molecule has 2 atom stereocenters. The maximum Gasteiger partial charge on any atom is 0.416 e. The molecule has 1 aliphatic rings. The molecule has 0 bridgehead atoms. The molecule has 94 valence electrons. The fraction of sp³-hybridized carbons (Fsp3) is 0.500.